The Kier molecular flexibility index (Phi) is 5.39. The molecular formula is C15H19NOS. The molecule has 0 atom stereocenters. The van der Waals surface area contributed by atoms with Gasteiger partial charge in [-0.2, -0.15) is 0 Å². The van der Waals surface area contributed by atoms with Gasteiger partial charge in [-0.3, -0.25) is 0 Å². The quantitative estimate of drug-likeness (QED) is 0.822. The molecule has 0 fully saturated rings. The number of nitrogens with one attached hydrogen (secondary N) is 1. The lowest BCUT2D eigenvalue weighted by atomic mass is 10.2. The van der Waals surface area contributed by atoms with Crippen molar-refractivity contribution in [2.45, 2.75) is 26.7 Å². The molecule has 1 aromatic heterocycles. The Balaban J connectivity index is 1.75. The van der Waals surface area contributed by atoms with Gasteiger partial charge in [0.2, 0.25) is 0 Å². The van der Waals surface area contributed by atoms with Crippen molar-refractivity contribution in [3.05, 3.63) is 57.8 Å². The zero-order valence-electron chi connectivity index (χ0n) is 10.7. The second-order valence-corrected chi connectivity index (χ2v) is 5.38. The molecule has 2 aromatic rings. The number of hydrogen-bond acceptors (Lipinski definition) is 3. The largest absolute Gasteiger partial charge is 0.371 e. The lowest BCUT2D eigenvalue weighted by Crippen LogP contribution is -2.10. The molecule has 0 spiro atoms. The number of hydrogen-bond donors (Lipinski definition) is 1. The molecule has 1 N–H and O–H groups in total. The Morgan fingerprint density at radius 1 is 1.00 bits per heavy atom. The first-order valence-electron chi connectivity index (χ1n) is 6.28. The highest BCUT2D eigenvalue weighted by Crippen LogP contribution is 2.17. The molecule has 0 bridgehead atoms. The topological polar surface area (TPSA) is 21.3 Å². The van der Waals surface area contributed by atoms with Crippen LogP contribution in [-0.4, -0.2) is 6.54 Å². The van der Waals surface area contributed by atoms with Crippen molar-refractivity contribution < 1.29 is 4.74 Å². The van der Waals surface area contributed by atoms with Gasteiger partial charge in [0.15, 0.2) is 0 Å². The standard InChI is InChI=1S/C15H19NOS/c1-2-16-10-14-8-9-15(18-14)12-17-11-13-6-4-3-5-7-13/h3-9,16H,2,10-12H2,1H3. The van der Waals surface area contributed by atoms with Gasteiger partial charge in [-0.25, -0.2) is 0 Å². The molecule has 96 valence electrons. The van der Waals surface area contributed by atoms with Crippen molar-refractivity contribution >= 4 is 11.3 Å². The van der Waals surface area contributed by atoms with Crippen LogP contribution < -0.4 is 5.32 Å². The predicted molar refractivity (Wildman–Crippen MR) is 76.6 cm³/mol. The normalized spacial score (nSPS) is 10.7. The maximum atomic E-state index is 5.71. The van der Waals surface area contributed by atoms with E-state index in [1.807, 2.05) is 29.5 Å². The van der Waals surface area contributed by atoms with Crippen molar-refractivity contribution in [2.75, 3.05) is 6.54 Å². The number of ether oxygens (including phenoxy) is 1. The van der Waals surface area contributed by atoms with Gasteiger partial charge in [0.1, 0.15) is 0 Å². The van der Waals surface area contributed by atoms with E-state index < -0.39 is 0 Å². The van der Waals surface area contributed by atoms with Crippen molar-refractivity contribution in [3.8, 4) is 0 Å². The summed E-state index contributed by atoms with van der Waals surface area (Å²) in [5.41, 5.74) is 1.22. The third kappa shape index (κ3) is 4.26. The molecule has 0 unspecified atom stereocenters. The van der Waals surface area contributed by atoms with Crippen LogP contribution in [0.1, 0.15) is 22.2 Å². The molecule has 0 aliphatic rings. The van der Waals surface area contributed by atoms with Crippen molar-refractivity contribution in [1.29, 1.82) is 0 Å². The van der Waals surface area contributed by atoms with Gasteiger partial charge in [-0.05, 0) is 24.2 Å². The van der Waals surface area contributed by atoms with E-state index in [0.29, 0.717) is 13.2 Å². The minimum absolute atomic E-state index is 0.682. The highest BCUT2D eigenvalue weighted by molar-refractivity contribution is 7.11. The van der Waals surface area contributed by atoms with Crippen LogP contribution in [-0.2, 0) is 24.5 Å². The summed E-state index contributed by atoms with van der Waals surface area (Å²) >= 11 is 1.82. The average Bonchev–Trinajstić information content (AvgIpc) is 2.85. The molecule has 2 nitrogen and oxygen atoms in total. The molecule has 0 saturated carbocycles. The van der Waals surface area contributed by atoms with Crippen LogP contribution in [0.3, 0.4) is 0 Å². The maximum Gasteiger partial charge on any atom is 0.0814 e. The summed E-state index contributed by atoms with van der Waals surface area (Å²) in [5.74, 6) is 0. The molecular weight excluding hydrogens is 242 g/mol. The van der Waals surface area contributed by atoms with Crippen LogP contribution in [0.15, 0.2) is 42.5 Å². The molecule has 2 rings (SSSR count). The predicted octanol–water partition coefficient (Wildman–Crippen LogP) is 3.57. The third-order valence-corrected chi connectivity index (χ3v) is 3.68. The molecule has 1 heterocycles. The van der Waals surface area contributed by atoms with E-state index in [4.69, 9.17) is 4.74 Å². The SMILES string of the molecule is CCNCc1ccc(COCc2ccccc2)s1. The summed E-state index contributed by atoms with van der Waals surface area (Å²) in [6, 6.07) is 14.6. The molecule has 0 radical (unpaired) electrons. The molecule has 0 aliphatic carbocycles. The fourth-order valence-electron chi connectivity index (χ4n) is 1.69. The first-order chi connectivity index (χ1) is 8.88. The Bertz CT molecular complexity index is 453. The van der Waals surface area contributed by atoms with Crippen LogP contribution in [0.4, 0.5) is 0 Å². The number of benzene rings is 1. The Labute approximate surface area is 113 Å². The van der Waals surface area contributed by atoms with Gasteiger partial charge >= 0.3 is 0 Å². The van der Waals surface area contributed by atoms with E-state index in [9.17, 15) is 0 Å². The molecule has 1 aromatic carbocycles. The van der Waals surface area contributed by atoms with Gasteiger partial charge in [-0.15, -0.1) is 11.3 Å². The Morgan fingerprint density at radius 2 is 1.78 bits per heavy atom. The summed E-state index contributed by atoms with van der Waals surface area (Å²) < 4.78 is 5.71. The second-order valence-electron chi connectivity index (χ2n) is 4.13. The zero-order valence-corrected chi connectivity index (χ0v) is 11.5. The fraction of sp³-hybridized carbons (Fsp3) is 0.333. The molecule has 18 heavy (non-hydrogen) atoms. The summed E-state index contributed by atoms with van der Waals surface area (Å²) in [6.07, 6.45) is 0. The second kappa shape index (κ2) is 7.31. The Morgan fingerprint density at radius 3 is 2.56 bits per heavy atom. The van der Waals surface area contributed by atoms with Crippen LogP contribution in [0.2, 0.25) is 0 Å². The summed E-state index contributed by atoms with van der Waals surface area (Å²) in [4.78, 5) is 2.66. The van der Waals surface area contributed by atoms with E-state index in [0.717, 1.165) is 13.1 Å². The Hall–Kier alpha value is -1.16. The average molecular weight is 261 g/mol. The summed E-state index contributed by atoms with van der Waals surface area (Å²) in [5, 5.41) is 3.33. The zero-order chi connectivity index (χ0) is 12.6. The van der Waals surface area contributed by atoms with E-state index in [2.05, 4.69) is 36.5 Å². The fourth-order valence-corrected chi connectivity index (χ4v) is 2.61. The monoisotopic (exact) mass is 261 g/mol. The van der Waals surface area contributed by atoms with Gasteiger partial charge in [-0.1, -0.05) is 37.3 Å². The highest BCUT2D eigenvalue weighted by Gasteiger charge is 2.00. The first kappa shape index (κ1) is 13.3. The minimum Gasteiger partial charge on any atom is -0.371 e. The van der Waals surface area contributed by atoms with Crippen molar-refractivity contribution in [1.82, 2.24) is 5.32 Å². The van der Waals surface area contributed by atoms with Gasteiger partial charge in [0.25, 0.3) is 0 Å². The van der Waals surface area contributed by atoms with E-state index in [-0.39, 0.29) is 0 Å². The molecule has 0 amide bonds. The van der Waals surface area contributed by atoms with E-state index >= 15 is 0 Å². The molecule has 0 aliphatic heterocycles. The van der Waals surface area contributed by atoms with Crippen LogP contribution in [0.25, 0.3) is 0 Å². The third-order valence-electron chi connectivity index (χ3n) is 2.62. The number of rotatable bonds is 7. The van der Waals surface area contributed by atoms with E-state index in [1.54, 1.807) is 0 Å². The smallest absolute Gasteiger partial charge is 0.0814 e. The summed E-state index contributed by atoms with van der Waals surface area (Å²) in [6.45, 7) is 5.47. The van der Waals surface area contributed by atoms with Crippen LogP contribution in [0.5, 0.6) is 0 Å². The molecule has 3 heteroatoms. The summed E-state index contributed by atoms with van der Waals surface area (Å²) in [7, 11) is 0. The lowest BCUT2D eigenvalue weighted by molar-refractivity contribution is 0.109. The first-order valence-corrected chi connectivity index (χ1v) is 7.10. The highest BCUT2D eigenvalue weighted by atomic mass is 32.1. The maximum absolute atomic E-state index is 5.71. The van der Waals surface area contributed by atoms with Crippen molar-refractivity contribution in [2.24, 2.45) is 0 Å². The molecule has 0 saturated heterocycles. The van der Waals surface area contributed by atoms with Crippen LogP contribution >= 0.6 is 11.3 Å². The van der Waals surface area contributed by atoms with Gasteiger partial charge in [0.05, 0.1) is 13.2 Å². The lowest BCUT2D eigenvalue weighted by Gasteiger charge is -2.02. The minimum atomic E-state index is 0.682. The van der Waals surface area contributed by atoms with E-state index in [1.165, 1.54) is 15.3 Å². The van der Waals surface area contributed by atoms with Gasteiger partial charge in [0, 0.05) is 16.3 Å². The van der Waals surface area contributed by atoms with Crippen LogP contribution in [0, 0.1) is 0 Å². The van der Waals surface area contributed by atoms with Crippen molar-refractivity contribution in [3.63, 3.8) is 0 Å². The van der Waals surface area contributed by atoms with Gasteiger partial charge < -0.3 is 10.1 Å². The number of thiophene rings is 1.